The number of hydrogen-bond acceptors (Lipinski definition) is 6. The summed E-state index contributed by atoms with van der Waals surface area (Å²) in [6.45, 7) is 6.02. The number of aromatic nitrogens is 4. The smallest absolute Gasteiger partial charge is 0.324 e. The van der Waals surface area contributed by atoms with Crippen molar-refractivity contribution in [2.75, 3.05) is 16.4 Å². The van der Waals surface area contributed by atoms with Gasteiger partial charge in [-0.15, -0.1) is 0 Å². The number of nitrogen functional groups attached to an aromatic ring is 1. The lowest BCUT2D eigenvalue weighted by molar-refractivity contribution is 0.262. The number of fused-ring (bicyclic) bond motifs is 1. The number of hydrogen-bond donors (Lipinski definition) is 3. The number of nitrogens with one attached hydrogen (secondary N) is 2. The molecule has 9 nitrogen and oxygen atoms in total. The predicted octanol–water partition coefficient (Wildman–Crippen LogP) is 3.91. The van der Waals surface area contributed by atoms with Crippen molar-refractivity contribution in [3.05, 3.63) is 54.6 Å². The van der Waals surface area contributed by atoms with Crippen molar-refractivity contribution in [1.82, 2.24) is 19.8 Å². The largest absolute Gasteiger partial charge is 0.383 e. The first-order valence-corrected chi connectivity index (χ1v) is 9.05. The Morgan fingerprint density at radius 2 is 1.90 bits per heavy atom. The van der Waals surface area contributed by atoms with Crippen molar-refractivity contribution in [2.24, 2.45) is 0 Å². The van der Waals surface area contributed by atoms with E-state index in [1.807, 2.05) is 32.9 Å². The van der Waals surface area contributed by atoms with Crippen molar-refractivity contribution in [3.63, 3.8) is 0 Å². The number of nitrogens with zero attached hydrogens (tertiary/aromatic N) is 4. The van der Waals surface area contributed by atoms with Gasteiger partial charge in [-0.2, -0.15) is 9.61 Å². The lowest BCUT2D eigenvalue weighted by Crippen LogP contribution is -2.19. The number of amides is 2. The molecule has 4 N–H and O–H groups in total. The maximum absolute atomic E-state index is 12.2. The van der Waals surface area contributed by atoms with Crippen LogP contribution in [0.15, 0.2) is 53.3 Å². The molecule has 0 atom stereocenters. The zero-order chi connectivity index (χ0) is 20.6. The standard InChI is InChI=1S/C20H21N7O2/c1-20(2,3)15-10-16(26-29-15)25-19(28)24-13-6-4-12(5-7-13)14-11-22-17-8-9-23-27(17)18(14)21/h4-11H,21H2,1-3H3,(H2,24,25,26,28). The minimum Gasteiger partial charge on any atom is -0.383 e. The maximum Gasteiger partial charge on any atom is 0.324 e. The van der Waals surface area contributed by atoms with Crippen molar-refractivity contribution in [2.45, 2.75) is 26.2 Å². The highest BCUT2D eigenvalue weighted by molar-refractivity contribution is 5.99. The Labute approximate surface area is 166 Å². The Hall–Kier alpha value is -3.88. The molecule has 3 aromatic heterocycles. The summed E-state index contributed by atoms with van der Waals surface area (Å²) < 4.78 is 6.85. The third-order valence-corrected chi connectivity index (χ3v) is 4.40. The maximum atomic E-state index is 12.2. The second-order valence-electron chi connectivity index (χ2n) is 7.64. The molecule has 0 fully saturated rings. The fourth-order valence-corrected chi connectivity index (χ4v) is 2.81. The van der Waals surface area contributed by atoms with E-state index < -0.39 is 6.03 Å². The molecule has 0 aliphatic heterocycles. The molecule has 0 aliphatic rings. The zero-order valence-electron chi connectivity index (χ0n) is 16.3. The number of rotatable bonds is 3. The molecular weight excluding hydrogens is 370 g/mol. The Bertz CT molecular complexity index is 1170. The van der Waals surface area contributed by atoms with Crippen LogP contribution in [0.4, 0.5) is 22.1 Å². The summed E-state index contributed by atoms with van der Waals surface area (Å²) in [6, 6.07) is 10.4. The van der Waals surface area contributed by atoms with E-state index in [2.05, 4.69) is 25.9 Å². The van der Waals surface area contributed by atoms with Gasteiger partial charge >= 0.3 is 6.03 Å². The van der Waals surface area contributed by atoms with Gasteiger partial charge in [0.25, 0.3) is 0 Å². The van der Waals surface area contributed by atoms with Crippen LogP contribution in [0.2, 0.25) is 0 Å². The van der Waals surface area contributed by atoms with Crippen LogP contribution in [0.1, 0.15) is 26.5 Å². The highest BCUT2D eigenvalue weighted by Gasteiger charge is 2.20. The van der Waals surface area contributed by atoms with Crippen LogP contribution in [0.5, 0.6) is 0 Å². The molecule has 0 unspecified atom stereocenters. The molecule has 4 rings (SSSR count). The summed E-state index contributed by atoms with van der Waals surface area (Å²) in [6.07, 6.45) is 3.35. The molecule has 3 heterocycles. The number of carbonyl (C=O) groups excluding carboxylic acids is 1. The highest BCUT2D eigenvalue weighted by Crippen LogP contribution is 2.27. The molecule has 1 aromatic carbocycles. The molecule has 9 heteroatoms. The van der Waals surface area contributed by atoms with Crippen molar-refractivity contribution >= 4 is 29.0 Å². The van der Waals surface area contributed by atoms with Crippen molar-refractivity contribution in [1.29, 1.82) is 0 Å². The van der Waals surface area contributed by atoms with Crippen LogP contribution in [-0.2, 0) is 5.41 Å². The SMILES string of the molecule is CC(C)(C)c1cc(NC(=O)Nc2ccc(-c3cnc4ccnn4c3N)cc2)no1. The van der Waals surface area contributed by atoms with Crippen molar-refractivity contribution in [3.8, 4) is 11.1 Å². The summed E-state index contributed by atoms with van der Waals surface area (Å²) >= 11 is 0. The Kier molecular flexibility index (Phi) is 4.42. The third kappa shape index (κ3) is 3.75. The normalized spacial score (nSPS) is 11.6. The molecular formula is C20H21N7O2. The average molecular weight is 391 g/mol. The summed E-state index contributed by atoms with van der Waals surface area (Å²) in [7, 11) is 0. The minimum atomic E-state index is -0.411. The van der Waals surface area contributed by atoms with Gasteiger partial charge in [0.1, 0.15) is 11.6 Å². The van der Waals surface area contributed by atoms with Gasteiger partial charge in [-0.05, 0) is 17.7 Å². The Balaban J connectivity index is 1.45. The molecule has 0 spiro atoms. The molecule has 2 amide bonds. The van der Waals surface area contributed by atoms with Gasteiger partial charge in [0.2, 0.25) is 0 Å². The van der Waals surface area contributed by atoms with Crippen LogP contribution in [-0.4, -0.2) is 25.8 Å². The molecule has 0 saturated heterocycles. The van der Waals surface area contributed by atoms with Gasteiger partial charge in [-0.1, -0.05) is 38.1 Å². The molecule has 0 saturated carbocycles. The molecule has 29 heavy (non-hydrogen) atoms. The van der Waals surface area contributed by atoms with E-state index in [0.717, 1.165) is 11.1 Å². The van der Waals surface area contributed by atoms with Gasteiger partial charge in [-0.3, -0.25) is 5.32 Å². The molecule has 0 radical (unpaired) electrons. The average Bonchev–Trinajstić information content (AvgIpc) is 3.32. The summed E-state index contributed by atoms with van der Waals surface area (Å²) in [5.74, 6) is 1.55. The second-order valence-corrected chi connectivity index (χ2v) is 7.64. The van der Waals surface area contributed by atoms with Gasteiger partial charge in [0.15, 0.2) is 11.5 Å². The van der Waals surface area contributed by atoms with Crippen molar-refractivity contribution < 1.29 is 9.32 Å². The Morgan fingerprint density at radius 3 is 2.59 bits per heavy atom. The predicted molar refractivity (Wildman–Crippen MR) is 111 cm³/mol. The third-order valence-electron chi connectivity index (χ3n) is 4.40. The van der Waals surface area contributed by atoms with Crippen LogP contribution in [0, 0.1) is 0 Å². The molecule has 148 valence electrons. The van der Waals surface area contributed by atoms with Gasteiger partial charge in [-0.25, -0.2) is 9.78 Å². The van der Waals surface area contributed by atoms with Crippen LogP contribution >= 0.6 is 0 Å². The summed E-state index contributed by atoms with van der Waals surface area (Å²) in [5.41, 5.74) is 8.94. The Morgan fingerprint density at radius 1 is 1.14 bits per heavy atom. The minimum absolute atomic E-state index is 0.185. The van der Waals surface area contributed by atoms with E-state index in [-0.39, 0.29) is 5.41 Å². The van der Waals surface area contributed by atoms with Crippen LogP contribution in [0.3, 0.4) is 0 Å². The molecule has 4 aromatic rings. The van der Waals surface area contributed by atoms with E-state index in [0.29, 0.717) is 28.7 Å². The van der Waals surface area contributed by atoms with E-state index in [1.165, 1.54) is 0 Å². The summed E-state index contributed by atoms with van der Waals surface area (Å²) in [4.78, 5) is 16.6. The van der Waals surface area contributed by atoms with E-state index in [4.69, 9.17) is 10.3 Å². The monoisotopic (exact) mass is 391 g/mol. The van der Waals surface area contributed by atoms with E-state index in [1.54, 1.807) is 41.2 Å². The quantitative estimate of drug-likeness (QED) is 0.486. The number of urea groups is 1. The number of anilines is 3. The van der Waals surface area contributed by atoms with Crippen LogP contribution in [0.25, 0.3) is 16.8 Å². The van der Waals surface area contributed by atoms with Gasteiger partial charge < -0.3 is 15.6 Å². The fraction of sp³-hybridized carbons (Fsp3) is 0.200. The lowest BCUT2D eigenvalue weighted by atomic mass is 9.93. The second kappa shape index (κ2) is 6.93. The van der Waals surface area contributed by atoms with Crippen LogP contribution < -0.4 is 16.4 Å². The number of nitrogens with two attached hydrogens (primary N) is 1. The van der Waals surface area contributed by atoms with E-state index in [9.17, 15) is 4.79 Å². The molecule has 0 bridgehead atoms. The van der Waals surface area contributed by atoms with Gasteiger partial charge in [0.05, 0.1) is 6.20 Å². The van der Waals surface area contributed by atoms with Gasteiger partial charge in [0, 0.05) is 35.0 Å². The topological polar surface area (TPSA) is 123 Å². The first-order chi connectivity index (χ1) is 13.8. The zero-order valence-corrected chi connectivity index (χ0v) is 16.3. The first-order valence-electron chi connectivity index (χ1n) is 9.05. The lowest BCUT2D eigenvalue weighted by Gasteiger charge is -2.12. The number of carbonyl (C=O) groups is 1. The van der Waals surface area contributed by atoms with E-state index >= 15 is 0 Å². The number of benzene rings is 1. The highest BCUT2D eigenvalue weighted by atomic mass is 16.5. The molecule has 0 aliphatic carbocycles. The summed E-state index contributed by atoms with van der Waals surface area (Å²) in [5, 5.41) is 13.5. The first kappa shape index (κ1) is 18.5. The fourth-order valence-electron chi connectivity index (χ4n) is 2.81.